The predicted octanol–water partition coefficient (Wildman–Crippen LogP) is 2.59. The maximum absolute atomic E-state index is 12.6. The molecule has 3 rings (SSSR count). The molecule has 27 heavy (non-hydrogen) atoms. The summed E-state index contributed by atoms with van der Waals surface area (Å²) in [6.07, 6.45) is 2.86. The van der Waals surface area contributed by atoms with Crippen LogP contribution >= 0.6 is 0 Å². The molecule has 3 N–H and O–H groups in total. The zero-order chi connectivity index (χ0) is 19.3. The summed E-state index contributed by atoms with van der Waals surface area (Å²) in [5.74, 6) is -0.242. The van der Waals surface area contributed by atoms with E-state index in [0.717, 1.165) is 37.0 Å². The number of amides is 1. The topological polar surface area (TPSA) is 82.2 Å². The van der Waals surface area contributed by atoms with E-state index in [-0.39, 0.29) is 5.91 Å². The smallest absolute Gasteiger partial charge is 0.238 e. The summed E-state index contributed by atoms with van der Waals surface area (Å²) in [6.45, 7) is 4.86. The normalized spacial score (nSPS) is 18.0. The lowest BCUT2D eigenvalue weighted by atomic mass is 9.88. The second-order valence-electron chi connectivity index (χ2n) is 7.52. The molecule has 1 aliphatic heterocycles. The zero-order valence-electron chi connectivity index (χ0n) is 15.9. The fourth-order valence-electron chi connectivity index (χ4n) is 3.78. The standard InChI is InChI=1S/C22H28N4O/c1-2-11-26-12-9-22(16-23,10-13-26)25-21(27)20(24)15-17-7-8-18-5-3-4-6-19(18)14-17/h3-8,14,20H,2,9-13,15,24H2,1H3,(H,25,27). The number of likely N-dealkylation sites (tertiary alicyclic amines) is 1. The van der Waals surface area contributed by atoms with Crippen molar-refractivity contribution in [2.24, 2.45) is 5.73 Å². The van der Waals surface area contributed by atoms with Crippen molar-refractivity contribution in [1.82, 2.24) is 10.2 Å². The molecule has 1 fully saturated rings. The Bertz CT molecular complexity index is 834. The first-order valence-electron chi connectivity index (χ1n) is 9.74. The van der Waals surface area contributed by atoms with Crippen molar-refractivity contribution in [2.75, 3.05) is 19.6 Å². The third-order valence-electron chi connectivity index (χ3n) is 5.43. The molecular weight excluding hydrogens is 336 g/mol. The number of carbonyl (C=O) groups is 1. The van der Waals surface area contributed by atoms with Gasteiger partial charge in [-0.3, -0.25) is 4.79 Å². The van der Waals surface area contributed by atoms with E-state index >= 15 is 0 Å². The monoisotopic (exact) mass is 364 g/mol. The number of nitrogens with zero attached hydrogens (tertiary/aromatic N) is 2. The number of nitrogens with one attached hydrogen (secondary N) is 1. The van der Waals surface area contributed by atoms with E-state index in [9.17, 15) is 10.1 Å². The van der Waals surface area contributed by atoms with E-state index in [4.69, 9.17) is 5.73 Å². The van der Waals surface area contributed by atoms with E-state index in [1.165, 1.54) is 5.39 Å². The first-order valence-corrected chi connectivity index (χ1v) is 9.74. The van der Waals surface area contributed by atoms with E-state index in [1.54, 1.807) is 0 Å². The molecule has 2 aromatic rings. The Labute approximate surface area is 161 Å². The van der Waals surface area contributed by atoms with Gasteiger partial charge >= 0.3 is 0 Å². The minimum Gasteiger partial charge on any atom is -0.336 e. The van der Waals surface area contributed by atoms with Gasteiger partial charge in [-0.05, 0) is 48.6 Å². The summed E-state index contributed by atoms with van der Waals surface area (Å²) >= 11 is 0. The van der Waals surface area contributed by atoms with E-state index in [1.807, 2.05) is 18.2 Å². The zero-order valence-corrected chi connectivity index (χ0v) is 15.9. The minimum absolute atomic E-state index is 0.242. The lowest BCUT2D eigenvalue weighted by molar-refractivity contribution is -0.124. The highest BCUT2D eigenvalue weighted by Gasteiger charge is 2.36. The van der Waals surface area contributed by atoms with Crippen LogP contribution in [0.4, 0.5) is 0 Å². The molecule has 142 valence electrons. The van der Waals surface area contributed by atoms with Crippen LogP contribution in [0.1, 0.15) is 31.7 Å². The van der Waals surface area contributed by atoms with Gasteiger partial charge in [0, 0.05) is 13.1 Å². The van der Waals surface area contributed by atoms with Crippen molar-refractivity contribution in [3.05, 3.63) is 48.0 Å². The molecule has 1 unspecified atom stereocenters. The van der Waals surface area contributed by atoms with Gasteiger partial charge in [0.25, 0.3) is 0 Å². The van der Waals surface area contributed by atoms with Crippen molar-refractivity contribution in [2.45, 2.75) is 44.2 Å². The second kappa shape index (κ2) is 8.51. The Morgan fingerprint density at radius 3 is 2.63 bits per heavy atom. The number of rotatable bonds is 6. The molecule has 0 aromatic heterocycles. The molecule has 0 bridgehead atoms. The molecule has 5 heteroatoms. The van der Waals surface area contributed by atoms with Crippen LogP contribution in [-0.2, 0) is 11.2 Å². The summed E-state index contributed by atoms with van der Waals surface area (Å²) in [7, 11) is 0. The molecule has 1 atom stereocenters. The maximum atomic E-state index is 12.6. The van der Waals surface area contributed by atoms with Gasteiger partial charge < -0.3 is 16.0 Å². The summed E-state index contributed by atoms with van der Waals surface area (Å²) in [5.41, 5.74) is 6.41. The average molecular weight is 364 g/mol. The first-order chi connectivity index (χ1) is 13.0. The fourth-order valence-corrected chi connectivity index (χ4v) is 3.78. The number of carbonyl (C=O) groups excluding carboxylic acids is 1. The minimum atomic E-state index is -0.789. The highest BCUT2D eigenvalue weighted by Crippen LogP contribution is 2.22. The fraction of sp³-hybridized carbons (Fsp3) is 0.455. The molecule has 1 aliphatic rings. The van der Waals surface area contributed by atoms with Gasteiger partial charge in [0.05, 0.1) is 12.1 Å². The highest BCUT2D eigenvalue weighted by atomic mass is 16.2. The van der Waals surface area contributed by atoms with Gasteiger partial charge in [0.1, 0.15) is 5.54 Å². The number of nitrogens with two attached hydrogens (primary N) is 1. The van der Waals surface area contributed by atoms with Gasteiger partial charge in [-0.2, -0.15) is 5.26 Å². The summed E-state index contributed by atoms with van der Waals surface area (Å²) in [5, 5.41) is 14.9. The summed E-state index contributed by atoms with van der Waals surface area (Å²) in [4.78, 5) is 15.0. The quantitative estimate of drug-likeness (QED) is 0.825. The van der Waals surface area contributed by atoms with Crippen molar-refractivity contribution < 1.29 is 4.79 Å². The second-order valence-corrected chi connectivity index (χ2v) is 7.52. The van der Waals surface area contributed by atoms with E-state index in [2.05, 4.69) is 47.5 Å². The summed E-state index contributed by atoms with van der Waals surface area (Å²) in [6, 6.07) is 15.9. The van der Waals surface area contributed by atoms with Crippen molar-refractivity contribution in [1.29, 1.82) is 5.26 Å². The Hall–Kier alpha value is -2.42. The largest absolute Gasteiger partial charge is 0.336 e. The molecule has 1 amide bonds. The van der Waals surface area contributed by atoms with Gasteiger partial charge in [0.2, 0.25) is 5.91 Å². The Kier molecular flexibility index (Phi) is 6.10. The molecule has 5 nitrogen and oxygen atoms in total. The number of hydrogen-bond donors (Lipinski definition) is 2. The maximum Gasteiger partial charge on any atom is 0.238 e. The molecule has 0 radical (unpaired) electrons. The van der Waals surface area contributed by atoms with Crippen LogP contribution in [0.5, 0.6) is 0 Å². The Morgan fingerprint density at radius 2 is 1.96 bits per heavy atom. The lowest BCUT2D eigenvalue weighted by Crippen LogP contribution is -2.58. The number of benzene rings is 2. The van der Waals surface area contributed by atoms with E-state index in [0.29, 0.717) is 19.3 Å². The molecule has 1 saturated heterocycles. The van der Waals surface area contributed by atoms with Gasteiger partial charge in [-0.1, -0.05) is 49.4 Å². The Balaban J connectivity index is 1.61. The average Bonchev–Trinajstić information content (AvgIpc) is 2.69. The van der Waals surface area contributed by atoms with Crippen LogP contribution in [0, 0.1) is 11.3 Å². The molecule has 0 aliphatic carbocycles. The number of fused-ring (bicyclic) bond motifs is 1. The summed E-state index contributed by atoms with van der Waals surface area (Å²) < 4.78 is 0. The van der Waals surface area contributed by atoms with Crippen molar-refractivity contribution >= 4 is 16.7 Å². The van der Waals surface area contributed by atoms with Crippen molar-refractivity contribution in [3.63, 3.8) is 0 Å². The third kappa shape index (κ3) is 4.65. The van der Waals surface area contributed by atoms with Crippen molar-refractivity contribution in [3.8, 4) is 6.07 Å². The number of nitriles is 1. The lowest BCUT2D eigenvalue weighted by Gasteiger charge is -2.38. The molecular formula is C22H28N4O. The van der Waals surface area contributed by atoms with Crippen LogP contribution in [-0.4, -0.2) is 42.0 Å². The van der Waals surface area contributed by atoms with Gasteiger partial charge in [0.15, 0.2) is 0 Å². The van der Waals surface area contributed by atoms with Crippen LogP contribution in [0.3, 0.4) is 0 Å². The molecule has 1 heterocycles. The number of piperidine rings is 1. The van der Waals surface area contributed by atoms with E-state index < -0.39 is 11.6 Å². The van der Waals surface area contributed by atoms with Crippen LogP contribution < -0.4 is 11.1 Å². The van der Waals surface area contributed by atoms with Crippen LogP contribution in [0.2, 0.25) is 0 Å². The van der Waals surface area contributed by atoms with Crippen LogP contribution in [0.25, 0.3) is 10.8 Å². The molecule has 2 aromatic carbocycles. The number of hydrogen-bond acceptors (Lipinski definition) is 4. The molecule has 0 saturated carbocycles. The highest BCUT2D eigenvalue weighted by molar-refractivity contribution is 5.85. The van der Waals surface area contributed by atoms with Crippen LogP contribution in [0.15, 0.2) is 42.5 Å². The Morgan fingerprint density at radius 1 is 1.26 bits per heavy atom. The first kappa shape index (κ1) is 19.3. The third-order valence-corrected chi connectivity index (χ3v) is 5.43. The predicted molar refractivity (Wildman–Crippen MR) is 108 cm³/mol. The molecule has 0 spiro atoms. The van der Waals surface area contributed by atoms with Gasteiger partial charge in [-0.25, -0.2) is 0 Å². The van der Waals surface area contributed by atoms with Gasteiger partial charge in [-0.15, -0.1) is 0 Å². The SMILES string of the molecule is CCCN1CCC(C#N)(NC(=O)C(N)Cc2ccc3ccccc3c2)CC1.